The van der Waals surface area contributed by atoms with E-state index in [4.69, 9.17) is 4.74 Å². The van der Waals surface area contributed by atoms with E-state index in [9.17, 15) is 9.90 Å². The molecule has 1 heterocycles. The van der Waals surface area contributed by atoms with E-state index in [2.05, 4.69) is 22.8 Å². The summed E-state index contributed by atoms with van der Waals surface area (Å²) in [6.45, 7) is 1.79. The van der Waals surface area contributed by atoms with Crippen LogP contribution in [0.3, 0.4) is 0 Å². The van der Waals surface area contributed by atoms with Crippen molar-refractivity contribution >= 4 is 6.03 Å². The van der Waals surface area contributed by atoms with Crippen LogP contribution in [-0.4, -0.2) is 67.6 Å². The van der Waals surface area contributed by atoms with Gasteiger partial charge in [-0.05, 0) is 18.4 Å². The zero-order valence-corrected chi connectivity index (χ0v) is 15.6. The van der Waals surface area contributed by atoms with Crippen LogP contribution in [0.5, 0.6) is 0 Å². The van der Waals surface area contributed by atoms with E-state index in [1.807, 2.05) is 23.1 Å². The first-order valence-corrected chi connectivity index (χ1v) is 9.69. The molecule has 1 saturated heterocycles. The van der Waals surface area contributed by atoms with E-state index in [1.54, 1.807) is 7.11 Å². The number of aliphatic hydroxyl groups excluding tert-OH is 1. The minimum Gasteiger partial charge on any atom is -0.395 e. The average molecular weight is 361 g/mol. The highest BCUT2D eigenvalue weighted by atomic mass is 16.5. The summed E-state index contributed by atoms with van der Waals surface area (Å²) in [6.07, 6.45) is 4.54. The number of carbonyl (C=O) groups excluding carboxylic acids is 1. The van der Waals surface area contributed by atoms with Gasteiger partial charge in [0.2, 0.25) is 0 Å². The third-order valence-electron chi connectivity index (χ3n) is 5.63. The predicted octanol–water partition coefficient (Wildman–Crippen LogP) is 1.70. The van der Waals surface area contributed by atoms with Gasteiger partial charge in [-0.25, -0.2) is 4.79 Å². The molecule has 1 saturated carbocycles. The number of aliphatic hydroxyl groups is 1. The predicted molar refractivity (Wildman–Crippen MR) is 101 cm³/mol. The maximum absolute atomic E-state index is 12.8. The molecule has 6 nitrogen and oxygen atoms in total. The number of methoxy groups -OCH3 is 1. The Kier molecular flexibility index (Phi) is 6.88. The largest absolute Gasteiger partial charge is 0.395 e. The SMILES string of the molecule is COCCN(C[C@H]1N[C@H](CO)[C@@H]1c1ccccc1)C(=O)NC1CCCC1. The molecule has 3 rings (SSSR count). The summed E-state index contributed by atoms with van der Waals surface area (Å²) in [4.78, 5) is 14.6. The fraction of sp³-hybridized carbons (Fsp3) is 0.650. The molecule has 1 aromatic carbocycles. The zero-order chi connectivity index (χ0) is 18.4. The quantitative estimate of drug-likeness (QED) is 0.659. The van der Waals surface area contributed by atoms with Crippen molar-refractivity contribution in [3.8, 4) is 0 Å². The highest BCUT2D eigenvalue weighted by Crippen LogP contribution is 2.32. The number of nitrogens with zero attached hydrogens (tertiary/aromatic N) is 1. The molecule has 0 spiro atoms. The zero-order valence-electron chi connectivity index (χ0n) is 15.6. The highest BCUT2D eigenvalue weighted by molar-refractivity contribution is 5.74. The van der Waals surface area contributed by atoms with Gasteiger partial charge in [-0.3, -0.25) is 0 Å². The van der Waals surface area contributed by atoms with Crippen LogP contribution in [0.2, 0.25) is 0 Å². The highest BCUT2D eigenvalue weighted by Gasteiger charge is 2.42. The van der Waals surface area contributed by atoms with Gasteiger partial charge < -0.3 is 25.4 Å². The molecule has 2 amide bonds. The first kappa shape index (κ1) is 19.1. The Balaban J connectivity index is 1.64. The van der Waals surface area contributed by atoms with Crippen molar-refractivity contribution < 1.29 is 14.6 Å². The second-order valence-electron chi connectivity index (χ2n) is 7.37. The monoisotopic (exact) mass is 361 g/mol. The lowest BCUT2D eigenvalue weighted by molar-refractivity contribution is 0.0921. The molecule has 144 valence electrons. The van der Waals surface area contributed by atoms with Crippen LogP contribution in [0.25, 0.3) is 0 Å². The Labute approximate surface area is 155 Å². The van der Waals surface area contributed by atoms with Gasteiger partial charge in [0.15, 0.2) is 0 Å². The molecule has 0 radical (unpaired) electrons. The van der Waals surface area contributed by atoms with Crippen LogP contribution in [0.15, 0.2) is 30.3 Å². The van der Waals surface area contributed by atoms with Gasteiger partial charge in [0, 0.05) is 44.2 Å². The molecule has 26 heavy (non-hydrogen) atoms. The second kappa shape index (κ2) is 9.35. The van der Waals surface area contributed by atoms with E-state index < -0.39 is 0 Å². The van der Waals surface area contributed by atoms with Crippen LogP contribution < -0.4 is 10.6 Å². The minimum atomic E-state index is -0.00462. The Bertz CT molecular complexity index is 563. The second-order valence-corrected chi connectivity index (χ2v) is 7.37. The first-order valence-electron chi connectivity index (χ1n) is 9.69. The van der Waals surface area contributed by atoms with E-state index >= 15 is 0 Å². The standard InChI is InChI=1S/C20H31N3O3/c1-26-12-11-23(20(25)21-16-9-5-6-10-16)13-17-19(18(14-24)22-17)15-7-3-2-4-8-15/h2-4,7-8,16-19,22,24H,5-6,9-14H2,1H3,(H,21,25)/t17-,18-,19-/m1/s1. The van der Waals surface area contributed by atoms with Crippen LogP contribution in [0.4, 0.5) is 4.79 Å². The molecule has 3 N–H and O–H groups in total. The van der Waals surface area contributed by atoms with Gasteiger partial charge in [0.05, 0.1) is 13.2 Å². The lowest BCUT2D eigenvalue weighted by atomic mass is 9.77. The van der Waals surface area contributed by atoms with Crippen molar-refractivity contribution in [2.24, 2.45) is 0 Å². The number of benzene rings is 1. The fourth-order valence-electron chi connectivity index (χ4n) is 4.17. The van der Waals surface area contributed by atoms with Gasteiger partial charge in [0.1, 0.15) is 0 Å². The van der Waals surface area contributed by atoms with E-state index in [1.165, 1.54) is 18.4 Å². The smallest absolute Gasteiger partial charge is 0.317 e. The minimum absolute atomic E-state index is 0.00462. The molecule has 1 aliphatic heterocycles. The number of carbonyl (C=O) groups is 1. The van der Waals surface area contributed by atoms with Gasteiger partial charge in [-0.2, -0.15) is 0 Å². The molecule has 6 heteroatoms. The molecular formula is C20H31N3O3. The topological polar surface area (TPSA) is 73.8 Å². The summed E-state index contributed by atoms with van der Waals surface area (Å²) >= 11 is 0. The summed E-state index contributed by atoms with van der Waals surface area (Å²) in [5, 5.41) is 16.2. The third-order valence-corrected chi connectivity index (χ3v) is 5.63. The molecule has 2 fully saturated rings. The maximum Gasteiger partial charge on any atom is 0.317 e. The molecule has 2 aliphatic rings. The number of ether oxygens (including phenoxy) is 1. The molecular weight excluding hydrogens is 330 g/mol. The Morgan fingerprint density at radius 1 is 1.27 bits per heavy atom. The Morgan fingerprint density at radius 3 is 2.65 bits per heavy atom. The third kappa shape index (κ3) is 4.55. The van der Waals surface area contributed by atoms with Crippen molar-refractivity contribution in [3.05, 3.63) is 35.9 Å². The van der Waals surface area contributed by atoms with Gasteiger partial charge in [-0.15, -0.1) is 0 Å². The maximum atomic E-state index is 12.8. The summed E-state index contributed by atoms with van der Waals surface area (Å²) in [7, 11) is 1.66. The number of hydrogen-bond donors (Lipinski definition) is 3. The van der Waals surface area contributed by atoms with Crippen LogP contribution >= 0.6 is 0 Å². The fourth-order valence-corrected chi connectivity index (χ4v) is 4.17. The number of rotatable bonds is 8. The number of nitrogens with one attached hydrogen (secondary N) is 2. The number of hydrogen-bond acceptors (Lipinski definition) is 4. The lowest BCUT2D eigenvalue weighted by Crippen LogP contribution is -2.65. The molecule has 0 bridgehead atoms. The summed E-state index contributed by atoms with van der Waals surface area (Å²) in [6, 6.07) is 10.7. The van der Waals surface area contributed by atoms with E-state index in [0.717, 1.165) is 12.8 Å². The Morgan fingerprint density at radius 2 is 2.00 bits per heavy atom. The van der Waals surface area contributed by atoms with Crippen molar-refractivity contribution in [1.82, 2.24) is 15.5 Å². The summed E-state index contributed by atoms with van der Waals surface area (Å²) in [5.41, 5.74) is 1.21. The van der Waals surface area contributed by atoms with Gasteiger partial charge in [-0.1, -0.05) is 43.2 Å². The molecule has 1 aromatic rings. The molecule has 1 aliphatic carbocycles. The molecule has 3 atom stereocenters. The Hall–Kier alpha value is -1.63. The van der Waals surface area contributed by atoms with Crippen LogP contribution in [0.1, 0.15) is 37.2 Å². The van der Waals surface area contributed by atoms with Crippen LogP contribution in [-0.2, 0) is 4.74 Å². The summed E-state index contributed by atoms with van der Waals surface area (Å²) < 4.78 is 5.20. The van der Waals surface area contributed by atoms with Crippen molar-refractivity contribution in [1.29, 1.82) is 0 Å². The van der Waals surface area contributed by atoms with Crippen molar-refractivity contribution in [2.75, 3.05) is 33.4 Å². The van der Waals surface area contributed by atoms with Crippen molar-refractivity contribution in [3.63, 3.8) is 0 Å². The normalized spacial score (nSPS) is 25.7. The van der Waals surface area contributed by atoms with Crippen molar-refractivity contribution in [2.45, 2.75) is 49.7 Å². The summed E-state index contributed by atoms with van der Waals surface area (Å²) in [5.74, 6) is 0.213. The van der Waals surface area contributed by atoms with E-state index in [0.29, 0.717) is 25.7 Å². The molecule has 0 unspecified atom stereocenters. The van der Waals surface area contributed by atoms with Crippen LogP contribution in [0, 0.1) is 0 Å². The van der Waals surface area contributed by atoms with Gasteiger partial charge in [0.25, 0.3) is 0 Å². The number of amides is 2. The first-order chi connectivity index (χ1) is 12.7. The average Bonchev–Trinajstić information content (AvgIpc) is 3.14. The van der Waals surface area contributed by atoms with Gasteiger partial charge >= 0.3 is 6.03 Å². The van der Waals surface area contributed by atoms with E-state index in [-0.39, 0.29) is 30.6 Å². The molecule has 0 aromatic heterocycles. The lowest BCUT2D eigenvalue weighted by Gasteiger charge is -2.47. The number of urea groups is 1.